The second-order valence-corrected chi connectivity index (χ2v) is 9.55. The Bertz CT molecular complexity index is 1490. The molecule has 1 heterocycles. The summed E-state index contributed by atoms with van der Waals surface area (Å²) in [7, 11) is 0. The van der Waals surface area contributed by atoms with E-state index < -0.39 is 59.2 Å². The van der Waals surface area contributed by atoms with Gasteiger partial charge in [-0.3, -0.25) is 4.79 Å². The molecular formula is C26H19ClF9N3O2. The van der Waals surface area contributed by atoms with Gasteiger partial charge in [-0.1, -0.05) is 47.1 Å². The van der Waals surface area contributed by atoms with Gasteiger partial charge in [0.05, 0.1) is 17.8 Å². The van der Waals surface area contributed by atoms with Crippen LogP contribution >= 0.6 is 11.6 Å². The molecule has 0 aliphatic carbocycles. The molecule has 0 aromatic heterocycles. The average Bonchev–Trinajstić information content (AvgIpc) is 3.33. The fraction of sp³-hybridized carbons (Fsp3) is 0.308. The summed E-state index contributed by atoms with van der Waals surface area (Å²) < 4.78 is 120. The molecule has 1 unspecified atom stereocenters. The Morgan fingerprint density at radius 3 is 2.24 bits per heavy atom. The number of carbonyl (C=O) groups is 1. The summed E-state index contributed by atoms with van der Waals surface area (Å²) in [5, 5.41) is 8.21. The highest BCUT2D eigenvalue weighted by atomic mass is 35.5. The summed E-state index contributed by atoms with van der Waals surface area (Å²) in [5.74, 6) is -0.644. The molecule has 1 aliphatic heterocycles. The summed E-state index contributed by atoms with van der Waals surface area (Å²) >= 11 is 5.75. The zero-order valence-corrected chi connectivity index (χ0v) is 21.3. The normalized spacial score (nSPS) is 17.9. The van der Waals surface area contributed by atoms with E-state index in [2.05, 4.69) is 15.8 Å². The highest BCUT2D eigenvalue weighted by molar-refractivity contribution is 6.30. The van der Waals surface area contributed by atoms with Crippen LogP contribution in [0.1, 0.15) is 33.5 Å². The minimum atomic E-state index is -5.21. The maximum atomic E-state index is 14.4. The Balaban J connectivity index is 1.64. The van der Waals surface area contributed by atoms with Crippen molar-refractivity contribution in [3.8, 4) is 0 Å². The molecule has 1 amide bonds. The van der Waals surface area contributed by atoms with Crippen molar-refractivity contribution in [1.82, 2.24) is 10.6 Å². The Labute approximate surface area is 231 Å². The van der Waals surface area contributed by atoms with Gasteiger partial charge in [0.1, 0.15) is 0 Å². The Morgan fingerprint density at radius 1 is 0.927 bits per heavy atom. The first-order valence-corrected chi connectivity index (χ1v) is 12.2. The standard InChI is InChI=1S/C26H19ClF9N3O2/c27-16-10-14(9-15(11-16)25(31,32)33)23(26(34,35)36)12-21(39-41-23)19-5-6-20(18-4-2-1-3-17(18)19)22(40)38-8-7-37-13-24(28,29)30/h1-6,9-11,37H,7-8,12-13H2,(H,38,40). The smallest absolute Gasteiger partial charge is 0.374 e. The quantitative estimate of drug-likeness (QED) is 0.224. The van der Waals surface area contributed by atoms with Crippen LogP contribution in [0.3, 0.4) is 0 Å². The van der Waals surface area contributed by atoms with E-state index in [1.807, 2.05) is 0 Å². The van der Waals surface area contributed by atoms with Crippen LogP contribution < -0.4 is 10.6 Å². The Morgan fingerprint density at radius 2 is 1.61 bits per heavy atom. The summed E-state index contributed by atoms with van der Waals surface area (Å²) in [6, 6.07) is 10.3. The molecule has 1 aliphatic rings. The maximum absolute atomic E-state index is 14.4. The number of nitrogens with zero attached hydrogens (tertiary/aromatic N) is 1. The second-order valence-electron chi connectivity index (χ2n) is 9.11. The van der Waals surface area contributed by atoms with Gasteiger partial charge >= 0.3 is 18.5 Å². The molecule has 4 rings (SSSR count). The number of halogens is 10. The number of oxime groups is 1. The third-order valence-corrected chi connectivity index (χ3v) is 6.49. The van der Waals surface area contributed by atoms with Gasteiger partial charge in [-0.15, -0.1) is 0 Å². The van der Waals surface area contributed by atoms with Crippen molar-refractivity contribution < 1.29 is 49.1 Å². The average molecular weight is 612 g/mol. The minimum Gasteiger partial charge on any atom is -0.374 e. The minimum absolute atomic E-state index is 0.0893. The van der Waals surface area contributed by atoms with Crippen molar-refractivity contribution in [2.45, 2.75) is 30.6 Å². The monoisotopic (exact) mass is 611 g/mol. The van der Waals surface area contributed by atoms with Gasteiger partial charge < -0.3 is 15.5 Å². The van der Waals surface area contributed by atoms with Crippen LogP contribution in [0.2, 0.25) is 5.02 Å². The SMILES string of the molecule is O=C(NCCNCC(F)(F)F)c1ccc(C2=NOC(c3cc(Cl)cc(C(F)(F)F)c3)(C(F)(F)F)C2)c2ccccc12. The number of hydrogen-bond donors (Lipinski definition) is 2. The van der Waals surface area contributed by atoms with E-state index in [0.717, 1.165) is 6.07 Å². The van der Waals surface area contributed by atoms with Crippen LogP contribution in [0, 0.1) is 0 Å². The van der Waals surface area contributed by atoms with E-state index in [1.54, 1.807) is 12.1 Å². The van der Waals surface area contributed by atoms with Gasteiger partial charge in [0.2, 0.25) is 0 Å². The van der Waals surface area contributed by atoms with Gasteiger partial charge in [-0.2, -0.15) is 39.5 Å². The first-order valence-electron chi connectivity index (χ1n) is 11.8. The molecule has 5 nitrogen and oxygen atoms in total. The van der Waals surface area contributed by atoms with Gasteiger partial charge in [-0.05, 0) is 35.0 Å². The number of benzene rings is 3. The van der Waals surface area contributed by atoms with Crippen LogP contribution in [-0.2, 0) is 16.6 Å². The predicted octanol–water partition coefficient (Wildman–Crippen LogP) is 6.98. The van der Waals surface area contributed by atoms with E-state index in [0.29, 0.717) is 17.5 Å². The van der Waals surface area contributed by atoms with Crippen molar-refractivity contribution >= 4 is 34.0 Å². The zero-order chi connectivity index (χ0) is 30.2. The van der Waals surface area contributed by atoms with Crippen LogP contribution in [0.4, 0.5) is 39.5 Å². The molecule has 0 bridgehead atoms. The van der Waals surface area contributed by atoms with Crippen LogP contribution in [0.25, 0.3) is 10.8 Å². The second kappa shape index (κ2) is 11.0. The molecule has 3 aromatic rings. The summed E-state index contributed by atoms with van der Waals surface area (Å²) in [6.45, 7) is -1.55. The molecule has 2 N–H and O–H groups in total. The lowest BCUT2D eigenvalue weighted by molar-refractivity contribution is -0.276. The number of rotatable bonds is 7. The molecule has 0 radical (unpaired) electrons. The Kier molecular flexibility index (Phi) is 8.20. The number of carbonyl (C=O) groups excluding carboxylic acids is 1. The number of amides is 1. The molecule has 41 heavy (non-hydrogen) atoms. The molecule has 3 aromatic carbocycles. The van der Waals surface area contributed by atoms with E-state index in [1.165, 1.54) is 24.3 Å². The lowest BCUT2D eigenvalue weighted by atomic mass is 9.84. The van der Waals surface area contributed by atoms with E-state index in [-0.39, 0.29) is 35.3 Å². The van der Waals surface area contributed by atoms with Gasteiger partial charge in [0.25, 0.3) is 11.5 Å². The highest BCUT2D eigenvalue weighted by Gasteiger charge is 2.62. The van der Waals surface area contributed by atoms with Crippen LogP contribution in [-0.4, -0.2) is 43.6 Å². The number of fused-ring (bicyclic) bond motifs is 1. The lowest BCUT2D eigenvalue weighted by Crippen LogP contribution is -2.43. The van der Waals surface area contributed by atoms with Crippen molar-refractivity contribution in [2.24, 2.45) is 5.16 Å². The number of hydrogen-bond acceptors (Lipinski definition) is 4. The maximum Gasteiger partial charge on any atom is 0.435 e. The largest absolute Gasteiger partial charge is 0.435 e. The van der Waals surface area contributed by atoms with Crippen molar-refractivity contribution in [3.63, 3.8) is 0 Å². The summed E-state index contributed by atoms with van der Waals surface area (Å²) in [6.07, 6.45) is -15.6. The topological polar surface area (TPSA) is 62.7 Å². The molecular weight excluding hydrogens is 593 g/mol. The summed E-state index contributed by atoms with van der Waals surface area (Å²) in [5.41, 5.74) is -5.57. The number of nitrogens with one attached hydrogen (secondary N) is 2. The first kappa shape index (κ1) is 30.4. The third kappa shape index (κ3) is 6.53. The molecule has 0 spiro atoms. The fourth-order valence-electron chi connectivity index (χ4n) is 4.37. The van der Waals surface area contributed by atoms with Crippen molar-refractivity contribution in [3.05, 3.63) is 81.9 Å². The van der Waals surface area contributed by atoms with Crippen molar-refractivity contribution in [2.75, 3.05) is 19.6 Å². The first-order chi connectivity index (χ1) is 19.0. The number of alkyl halides is 9. The molecule has 0 fully saturated rings. The zero-order valence-electron chi connectivity index (χ0n) is 20.6. The molecule has 15 heteroatoms. The van der Waals surface area contributed by atoms with Gasteiger partial charge in [0.15, 0.2) is 0 Å². The third-order valence-electron chi connectivity index (χ3n) is 6.27. The molecule has 1 atom stereocenters. The van der Waals surface area contributed by atoms with E-state index in [4.69, 9.17) is 16.4 Å². The predicted molar refractivity (Wildman–Crippen MR) is 132 cm³/mol. The van der Waals surface area contributed by atoms with Gasteiger partial charge in [0, 0.05) is 41.2 Å². The molecule has 0 saturated carbocycles. The van der Waals surface area contributed by atoms with Crippen molar-refractivity contribution in [1.29, 1.82) is 0 Å². The molecule has 220 valence electrons. The van der Waals surface area contributed by atoms with Crippen LogP contribution in [0.5, 0.6) is 0 Å². The lowest BCUT2D eigenvalue weighted by Gasteiger charge is -2.30. The molecule has 0 saturated heterocycles. The van der Waals surface area contributed by atoms with Gasteiger partial charge in [-0.25, -0.2) is 0 Å². The summed E-state index contributed by atoms with van der Waals surface area (Å²) in [4.78, 5) is 17.6. The van der Waals surface area contributed by atoms with Crippen LogP contribution in [0.15, 0.2) is 59.8 Å². The van der Waals surface area contributed by atoms with E-state index >= 15 is 0 Å². The Hall–Kier alpha value is -3.52. The fourth-order valence-corrected chi connectivity index (χ4v) is 4.61. The highest BCUT2D eigenvalue weighted by Crippen LogP contribution is 2.50. The van der Waals surface area contributed by atoms with E-state index in [9.17, 15) is 44.3 Å².